The molecule has 144 valence electrons. The third kappa shape index (κ3) is 5.28. The molecule has 1 heterocycles. The lowest BCUT2D eigenvalue weighted by Gasteiger charge is -2.12. The second kappa shape index (κ2) is 9.48. The third-order valence-corrected chi connectivity index (χ3v) is 3.90. The minimum absolute atomic E-state index is 0.0381. The second-order valence-electron chi connectivity index (χ2n) is 6.10. The van der Waals surface area contributed by atoms with E-state index < -0.39 is 4.92 Å². The van der Waals surface area contributed by atoms with Gasteiger partial charge in [0.2, 0.25) is 0 Å². The van der Waals surface area contributed by atoms with Crippen molar-refractivity contribution in [2.75, 3.05) is 18.5 Å². The summed E-state index contributed by atoms with van der Waals surface area (Å²) in [6.45, 7) is 3.07. The van der Waals surface area contributed by atoms with Crippen LogP contribution in [0.2, 0.25) is 0 Å². The van der Waals surface area contributed by atoms with Gasteiger partial charge < -0.3 is 14.8 Å². The molecular weight excluding hydrogens is 358 g/mol. The van der Waals surface area contributed by atoms with Gasteiger partial charge in [0.05, 0.1) is 18.1 Å². The topological polar surface area (TPSA) is 86.5 Å². The van der Waals surface area contributed by atoms with Crippen molar-refractivity contribution in [1.29, 1.82) is 0 Å². The van der Waals surface area contributed by atoms with Crippen LogP contribution < -0.4 is 10.1 Å². The molecule has 2 aromatic carbocycles. The normalized spacial score (nSPS) is 10.5. The highest BCUT2D eigenvalue weighted by Gasteiger charge is 2.24. The number of nitrogens with one attached hydrogen (secondary N) is 1. The van der Waals surface area contributed by atoms with Gasteiger partial charge in [0.25, 0.3) is 0 Å². The number of para-hydroxylation sites is 1. The van der Waals surface area contributed by atoms with Gasteiger partial charge in [-0.3, -0.25) is 10.1 Å². The zero-order valence-corrected chi connectivity index (χ0v) is 15.5. The number of aromatic nitrogens is 1. The van der Waals surface area contributed by atoms with Crippen LogP contribution in [0.3, 0.4) is 0 Å². The van der Waals surface area contributed by atoms with Gasteiger partial charge >= 0.3 is 11.6 Å². The number of benzene rings is 2. The summed E-state index contributed by atoms with van der Waals surface area (Å²) in [4.78, 5) is 15.3. The van der Waals surface area contributed by atoms with E-state index in [9.17, 15) is 10.1 Å². The monoisotopic (exact) mass is 379 g/mol. The number of nitro groups is 1. The zero-order chi connectivity index (χ0) is 19.8. The number of rotatable bonds is 9. The minimum Gasteiger partial charge on any atom is -0.434 e. The SMILES string of the molecule is Cc1cc(NCCOCc2ccccc2)c([N+](=O)[O-])c(Oc2ccccc2)n1. The Hall–Kier alpha value is -3.45. The standard InChI is InChI=1S/C21H21N3O4/c1-16-14-19(22-12-13-27-15-17-8-4-2-5-9-17)20(24(25)26)21(23-16)28-18-10-6-3-7-11-18/h2-11,14H,12-13,15H2,1H3,(H,22,23). The molecule has 28 heavy (non-hydrogen) atoms. The van der Waals surface area contributed by atoms with E-state index in [0.717, 1.165) is 5.56 Å². The first-order valence-electron chi connectivity index (χ1n) is 8.88. The zero-order valence-electron chi connectivity index (χ0n) is 15.5. The number of pyridine rings is 1. The summed E-state index contributed by atoms with van der Waals surface area (Å²) >= 11 is 0. The lowest BCUT2D eigenvalue weighted by molar-refractivity contribution is -0.385. The first-order chi connectivity index (χ1) is 13.6. The van der Waals surface area contributed by atoms with Crippen LogP contribution in [0.15, 0.2) is 66.7 Å². The maximum absolute atomic E-state index is 11.6. The average molecular weight is 379 g/mol. The Morgan fingerprint density at radius 2 is 1.75 bits per heavy atom. The average Bonchev–Trinajstić information content (AvgIpc) is 2.68. The number of hydrogen-bond acceptors (Lipinski definition) is 6. The van der Waals surface area contributed by atoms with E-state index in [-0.39, 0.29) is 11.6 Å². The van der Waals surface area contributed by atoms with Gasteiger partial charge in [0, 0.05) is 12.2 Å². The number of ether oxygens (including phenoxy) is 2. The van der Waals surface area contributed by atoms with Crippen molar-refractivity contribution in [3.8, 4) is 11.6 Å². The lowest BCUT2D eigenvalue weighted by Crippen LogP contribution is -2.12. The highest BCUT2D eigenvalue weighted by atomic mass is 16.6. The highest BCUT2D eigenvalue weighted by Crippen LogP contribution is 2.36. The van der Waals surface area contributed by atoms with Crippen molar-refractivity contribution >= 4 is 11.4 Å². The van der Waals surface area contributed by atoms with Crippen molar-refractivity contribution in [2.24, 2.45) is 0 Å². The molecule has 7 heteroatoms. The van der Waals surface area contributed by atoms with Crippen molar-refractivity contribution in [3.63, 3.8) is 0 Å². The van der Waals surface area contributed by atoms with Gasteiger partial charge in [-0.1, -0.05) is 48.5 Å². The van der Waals surface area contributed by atoms with Crippen LogP contribution in [0.1, 0.15) is 11.3 Å². The predicted molar refractivity (Wildman–Crippen MR) is 107 cm³/mol. The Kier molecular flexibility index (Phi) is 6.54. The van der Waals surface area contributed by atoms with Crippen molar-refractivity contribution in [1.82, 2.24) is 4.98 Å². The molecule has 1 aromatic heterocycles. The van der Waals surface area contributed by atoms with E-state index in [0.29, 0.717) is 36.9 Å². The number of anilines is 1. The van der Waals surface area contributed by atoms with Crippen LogP contribution in [0.4, 0.5) is 11.4 Å². The lowest BCUT2D eigenvalue weighted by atomic mass is 10.2. The molecule has 0 atom stereocenters. The molecule has 0 aliphatic carbocycles. The van der Waals surface area contributed by atoms with E-state index in [1.165, 1.54) is 0 Å². The molecule has 3 rings (SSSR count). The van der Waals surface area contributed by atoms with Crippen LogP contribution in [-0.4, -0.2) is 23.1 Å². The van der Waals surface area contributed by atoms with Crippen LogP contribution in [0.5, 0.6) is 11.6 Å². The fourth-order valence-corrected chi connectivity index (χ4v) is 2.64. The van der Waals surface area contributed by atoms with Gasteiger partial charge in [-0.2, -0.15) is 0 Å². The number of aryl methyl sites for hydroxylation is 1. The smallest absolute Gasteiger partial charge is 0.354 e. The summed E-state index contributed by atoms with van der Waals surface area (Å²) in [5, 5.41) is 14.7. The summed E-state index contributed by atoms with van der Waals surface area (Å²) in [5.41, 5.74) is 1.85. The molecule has 0 spiro atoms. The Bertz CT molecular complexity index is 918. The molecule has 0 fully saturated rings. The van der Waals surface area contributed by atoms with Crippen LogP contribution in [-0.2, 0) is 11.3 Å². The van der Waals surface area contributed by atoms with Gasteiger partial charge in [0.15, 0.2) is 0 Å². The fraction of sp³-hybridized carbons (Fsp3) is 0.190. The molecule has 0 saturated heterocycles. The summed E-state index contributed by atoms with van der Waals surface area (Å²) in [7, 11) is 0. The van der Waals surface area contributed by atoms with Crippen molar-refractivity contribution in [2.45, 2.75) is 13.5 Å². The molecule has 0 unspecified atom stereocenters. The summed E-state index contributed by atoms with van der Waals surface area (Å²) in [6, 6.07) is 20.3. The molecule has 0 aliphatic heterocycles. The minimum atomic E-state index is -0.488. The first kappa shape index (κ1) is 19.3. The van der Waals surface area contributed by atoms with E-state index >= 15 is 0 Å². The van der Waals surface area contributed by atoms with E-state index in [2.05, 4.69) is 10.3 Å². The quantitative estimate of drug-likeness (QED) is 0.329. The highest BCUT2D eigenvalue weighted by molar-refractivity contribution is 5.67. The van der Waals surface area contributed by atoms with Crippen LogP contribution >= 0.6 is 0 Å². The van der Waals surface area contributed by atoms with Gasteiger partial charge in [0.1, 0.15) is 11.4 Å². The Morgan fingerprint density at radius 1 is 1.07 bits per heavy atom. The molecule has 0 radical (unpaired) electrons. The van der Waals surface area contributed by atoms with E-state index in [1.54, 1.807) is 37.3 Å². The summed E-state index contributed by atoms with van der Waals surface area (Å²) in [5.74, 6) is 0.449. The molecule has 3 aromatic rings. The second-order valence-corrected chi connectivity index (χ2v) is 6.10. The van der Waals surface area contributed by atoms with E-state index in [4.69, 9.17) is 9.47 Å². The third-order valence-electron chi connectivity index (χ3n) is 3.90. The van der Waals surface area contributed by atoms with Crippen LogP contribution in [0.25, 0.3) is 0 Å². The maximum atomic E-state index is 11.6. The molecule has 0 amide bonds. The predicted octanol–water partition coefficient (Wildman–Crippen LogP) is 4.72. The molecule has 7 nitrogen and oxygen atoms in total. The number of hydrogen-bond donors (Lipinski definition) is 1. The molecular formula is C21H21N3O4. The van der Waals surface area contributed by atoms with E-state index in [1.807, 2.05) is 36.4 Å². The molecule has 0 saturated carbocycles. The van der Waals surface area contributed by atoms with Crippen LogP contribution in [0, 0.1) is 17.0 Å². The number of nitrogens with zero attached hydrogens (tertiary/aromatic N) is 2. The molecule has 1 N–H and O–H groups in total. The van der Waals surface area contributed by atoms with Crippen molar-refractivity contribution < 1.29 is 14.4 Å². The molecule has 0 aliphatic rings. The summed E-state index contributed by atoms with van der Waals surface area (Å²) in [6.07, 6.45) is 0. The van der Waals surface area contributed by atoms with Gasteiger partial charge in [-0.05, 0) is 30.7 Å². The van der Waals surface area contributed by atoms with Gasteiger partial charge in [-0.25, -0.2) is 4.98 Å². The summed E-state index contributed by atoms with van der Waals surface area (Å²) < 4.78 is 11.3. The maximum Gasteiger partial charge on any atom is 0.354 e. The first-order valence-corrected chi connectivity index (χ1v) is 8.88. The van der Waals surface area contributed by atoms with Crippen molar-refractivity contribution in [3.05, 3.63) is 88.1 Å². The Labute approximate surface area is 163 Å². The Morgan fingerprint density at radius 3 is 2.43 bits per heavy atom. The fourth-order valence-electron chi connectivity index (χ4n) is 2.64. The van der Waals surface area contributed by atoms with Gasteiger partial charge in [-0.15, -0.1) is 0 Å². The molecule has 0 bridgehead atoms. The Balaban J connectivity index is 1.67. The largest absolute Gasteiger partial charge is 0.434 e.